The number of nitrogens with two attached hydrogens (primary N) is 1. The molecule has 1 aromatic carbocycles. The fourth-order valence-electron chi connectivity index (χ4n) is 2.42. The lowest BCUT2D eigenvalue weighted by Crippen LogP contribution is -2.43. The minimum absolute atomic E-state index is 0.391. The van der Waals surface area contributed by atoms with E-state index in [0.29, 0.717) is 44.0 Å². The van der Waals surface area contributed by atoms with Crippen molar-refractivity contribution in [2.75, 3.05) is 37.6 Å². The van der Waals surface area contributed by atoms with Gasteiger partial charge in [0, 0.05) is 19.6 Å². The average molecular weight is 313 g/mol. The molecule has 0 atom stereocenters. The Labute approximate surface area is 126 Å². The second-order valence-electron chi connectivity index (χ2n) is 5.03. The third kappa shape index (κ3) is 3.66. The summed E-state index contributed by atoms with van der Waals surface area (Å²) < 4.78 is 33.7. The summed E-state index contributed by atoms with van der Waals surface area (Å²) >= 11 is 0. The molecule has 1 fully saturated rings. The first-order chi connectivity index (χ1) is 10.1. The highest BCUT2D eigenvalue weighted by Gasteiger charge is 2.31. The van der Waals surface area contributed by atoms with E-state index in [1.165, 1.54) is 4.31 Å². The van der Waals surface area contributed by atoms with E-state index in [4.69, 9.17) is 10.5 Å². The van der Waals surface area contributed by atoms with E-state index in [1.54, 1.807) is 35.7 Å². The molecule has 2 N–H and O–H groups in total. The molecule has 0 aromatic heterocycles. The summed E-state index contributed by atoms with van der Waals surface area (Å²) in [7, 11) is -1.89. The molecule has 1 saturated heterocycles. The molecule has 0 amide bonds. The van der Waals surface area contributed by atoms with E-state index in [2.05, 4.69) is 0 Å². The third-order valence-corrected chi connectivity index (χ3v) is 5.56. The van der Waals surface area contributed by atoms with Crippen molar-refractivity contribution in [1.29, 1.82) is 0 Å². The number of benzene rings is 1. The molecule has 1 aliphatic rings. The molecule has 0 saturated carbocycles. The van der Waals surface area contributed by atoms with Gasteiger partial charge in [-0.3, -0.25) is 4.31 Å². The number of ether oxygens (including phenoxy) is 1. The lowest BCUT2D eigenvalue weighted by Gasteiger charge is -2.29. The van der Waals surface area contributed by atoms with Crippen LogP contribution in [0.4, 0.5) is 5.69 Å². The lowest BCUT2D eigenvalue weighted by atomic mass is 10.3. The zero-order chi connectivity index (χ0) is 15.3. The third-order valence-electron chi connectivity index (χ3n) is 3.60. The van der Waals surface area contributed by atoms with Crippen LogP contribution in [0.25, 0.3) is 0 Å². The smallest absolute Gasteiger partial charge is 0.304 e. The monoisotopic (exact) mass is 313 g/mol. The minimum Gasteiger partial charge on any atom is -0.497 e. The standard InChI is InChI=1S/C14H23N3O3S/c1-20-14-7-5-13(6-8-14)17(12-4-9-15)21(18,19)16-10-2-3-11-16/h5-8H,2-4,9-12,15H2,1H3. The zero-order valence-corrected chi connectivity index (χ0v) is 13.2. The first kappa shape index (κ1) is 16.1. The maximum atomic E-state index is 12.8. The first-order valence-corrected chi connectivity index (χ1v) is 8.61. The predicted octanol–water partition coefficient (Wildman–Crippen LogP) is 1.19. The quantitative estimate of drug-likeness (QED) is 0.820. The van der Waals surface area contributed by atoms with Crippen molar-refractivity contribution in [3.8, 4) is 5.75 Å². The maximum Gasteiger partial charge on any atom is 0.304 e. The van der Waals surface area contributed by atoms with Crippen LogP contribution >= 0.6 is 0 Å². The van der Waals surface area contributed by atoms with E-state index in [9.17, 15) is 8.42 Å². The van der Waals surface area contributed by atoms with Gasteiger partial charge >= 0.3 is 10.2 Å². The zero-order valence-electron chi connectivity index (χ0n) is 12.4. The van der Waals surface area contributed by atoms with Crippen molar-refractivity contribution in [2.45, 2.75) is 19.3 Å². The van der Waals surface area contributed by atoms with Gasteiger partial charge in [-0.1, -0.05) is 0 Å². The van der Waals surface area contributed by atoms with Crippen LogP contribution in [0.5, 0.6) is 5.75 Å². The second-order valence-corrected chi connectivity index (χ2v) is 6.88. The van der Waals surface area contributed by atoms with Crippen LogP contribution in [-0.4, -0.2) is 46.0 Å². The number of rotatable bonds is 7. The molecule has 21 heavy (non-hydrogen) atoms. The van der Waals surface area contributed by atoms with Gasteiger partial charge in [0.1, 0.15) is 5.75 Å². The van der Waals surface area contributed by atoms with Gasteiger partial charge in [0.15, 0.2) is 0 Å². The molecule has 6 nitrogen and oxygen atoms in total. The van der Waals surface area contributed by atoms with Crippen LogP contribution in [0, 0.1) is 0 Å². The summed E-state index contributed by atoms with van der Waals surface area (Å²) in [5.74, 6) is 0.705. The lowest BCUT2D eigenvalue weighted by molar-refractivity contribution is 0.415. The summed E-state index contributed by atoms with van der Waals surface area (Å²) in [6.07, 6.45) is 2.47. The van der Waals surface area contributed by atoms with Gasteiger partial charge in [-0.2, -0.15) is 12.7 Å². The largest absolute Gasteiger partial charge is 0.497 e. The average Bonchev–Trinajstić information content (AvgIpc) is 3.03. The van der Waals surface area contributed by atoms with Gasteiger partial charge in [-0.25, -0.2) is 0 Å². The van der Waals surface area contributed by atoms with Crippen LogP contribution in [-0.2, 0) is 10.2 Å². The first-order valence-electron chi connectivity index (χ1n) is 7.21. The van der Waals surface area contributed by atoms with Crippen LogP contribution < -0.4 is 14.8 Å². The Kier molecular flexibility index (Phi) is 5.44. The van der Waals surface area contributed by atoms with E-state index < -0.39 is 10.2 Å². The second kappa shape index (κ2) is 7.11. The number of hydrogen-bond donors (Lipinski definition) is 1. The Hall–Kier alpha value is -1.31. The van der Waals surface area contributed by atoms with Gasteiger partial charge in [-0.05, 0) is 50.1 Å². The van der Waals surface area contributed by atoms with Crippen LogP contribution in [0.1, 0.15) is 19.3 Å². The highest BCUT2D eigenvalue weighted by molar-refractivity contribution is 7.90. The van der Waals surface area contributed by atoms with Gasteiger partial charge in [0.05, 0.1) is 12.8 Å². The van der Waals surface area contributed by atoms with Crippen molar-refractivity contribution < 1.29 is 13.2 Å². The molecule has 118 valence electrons. The minimum atomic E-state index is -3.48. The van der Waals surface area contributed by atoms with Crippen molar-refractivity contribution in [3.05, 3.63) is 24.3 Å². The van der Waals surface area contributed by atoms with E-state index >= 15 is 0 Å². The van der Waals surface area contributed by atoms with E-state index in [1.807, 2.05) is 0 Å². The Morgan fingerprint density at radius 2 is 1.86 bits per heavy atom. The summed E-state index contributed by atoms with van der Waals surface area (Å²) in [5, 5.41) is 0. The van der Waals surface area contributed by atoms with E-state index in [-0.39, 0.29) is 0 Å². The topological polar surface area (TPSA) is 75.9 Å². The maximum absolute atomic E-state index is 12.8. The summed E-state index contributed by atoms with van der Waals surface area (Å²) in [6, 6.07) is 7.07. The molecule has 1 aromatic rings. The predicted molar refractivity (Wildman–Crippen MR) is 83.7 cm³/mol. The SMILES string of the molecule is COc1ccc(N(CCCN)S(=O)(=O)N2CCCC2)cc1. The van der Waals surface area contributed by atoms with Gasteiger partial charge in [-0.15, -0.1) is 0 Å². The Bertz CT molecular complexity index is 539. The molecule has 1 heterocycles. The molecular formula is C14H23N3O3S. The summed E-state index contributed by atoms with van der Waals surface area (Å²) in [4.78, 5) is 0. The number of nitrogens with zero attached hydrogens (tertiary/aromatic N) is 2. The molecule has 2 rings (SSSR count). The fourth-order valence-corrected chi connectivity index (χ4v) is 4.17. The van der Waals surface area contributed by atoms with Crippen molar-refractivity contribution in [2.24, 2.45) is 5.73 Å². The van der Waals surface area contributed by atoms with Gasteiger partial charge in [0.2, 0.25) is 0 Å². The fraction of sp³-hybridized carbons (Fsp3) is 0.571. The normalized spacial score (nSPS) is 16.1. The molecule has 1 aliphatic heterocycles. The van der Waals surface area contributed by atoms with Gasteiger partial charge < -0.3 is 10.5 Å². The Balaban J connectivity index is 2.27. The molecule has 0 spiro atoms. The van der Waals surface area contributed by atoms with Crippen molar-refractivity contribution >= 4 is 15.9 Å². The Morgan fingerprint density at radius 3 is 2.38 bits per heavy atom. The number of anilines is 1. The molecule has 0 radical (unpaired) electrons. The Morgan fingerprint density at radius 1 is 1.24 bits per heavy atom. The van der Waals surface area contributed by atoms with Gasteiger partial charge in [0.25, 0.3) is 0 Å². The number of hydrogen-bond acceptors (Lipinski definition) is 4. The summed E-state index contributed by atoms with van der Waals surface area (Å²) in [6.45, 7) is 2.04. The highest BCUT2D eigenvalue weighted by atomic mass is 32.2. The van der Waals surface area contributed by atoms with Crippen LogP contribution in [0.2, 0.25) is 0 Å². The molecule has 0 unspecified atom stereocenters. The van der Waals surface area contributed by atoms with E-state index in [0.717, 1.165) is 12.8 Å². The highest BCUT2D eigenvalue weighted by Crippen LogP contribution is 2.25. The molecule has 0 bridgehead atoms. The molecule has 7 heteroatoms. The van der Waals surface area contributed by atoms with Crippen LogP contribution in [0.3, 0.4) is 0 Å². The molecule has 0 aliphatic carbocycles. The molecular weight excluding hydrogens is 290 g/mol. The summed E-state index contributed by atoms with van der Waals surface area (Å²) in [5.41, 5.74) is 6.19. The van der Waals surface area contributed by atoms with Crippen molar-refractivity contribution in [3.63, 3.8) is 0 Å². The van der Waals surface area contributed by atoms with Crippen molar-refractivity contribution in [1.82, 2.24) is 4.31 Å². The van der Waals surface area contributed by atoms with Crippen LogP contribution in [0.15, 0.2) is 24.3 Å². The number of methoxy groups -OCH3 is 1.